The van der Waals surface area contributed by atoms with Crippen LogP contribution < -0.4 is 0 Å². The van der Waals surface area contributed by atoms with Gasteiger partial charge in [-0.05, 0) is 23.6 Å². The Bertz CT molecular complexity index is 1620. The summed E-state index contributed by atoms with van der Waals surface area (Å²) in [6, 6.07) is 15.0. The molecule has 0 saturated heterocycles. The second kappa shape index (κ2) is 10.9. The van der Waals surface area contributed by atoms with Gasteiger partial charge in [0.05, 0.1) is 23.7 Å². The smallest absolute Gasteiger partial charge is 0.402 e. The first-order valence-corrected chi connectivity index (χ1v) is 12.0. The maximum atomic E-state index is 9.57. The zero-order valence-corrected chi connectivity index (χ0v) is 25.0. The Morgan fingerprint density at radius 3 is 1.77 bits per heavy atom. The van der Waals surface area contributed by atoms with Gasteiger partial charge in [0, 0.05) is 34.2 Å². The van der Waals surface area contributed by atoms with E-state index in [4.69, 9.17) is 23.1 Å². The number of nitriles is 2. The number of nitrogens with zero attached hydrogens (tertiary/aromatic N) is 10. The Balaban J connectivity index is 0.00000441. The van der Waals surface area contributed by atoms with Gasteiger partial charge in [-0.1, -0.05) is 77.9 Å². The summed E-state index contributed by atoms with van der Waals surface area (Å²) in [5.41, 5.74) is 0.153. The molecule has 0 aromatic carbocycles. The minimum Gasteiger partial charge on any atom is -0.402 e. The zero-order chi connectivity index (χ0) is 28.6. The largest absolute Gasteiger partial charge is 2.00 e. The number of pyridine rings is 2. The van der Waals surface area contributed by atoms with Gasteiger partial charge in [-0.15, -0.1) is 0 Å². The molecule has 4 rings (SSSR count). The Hall–Kier alpha value is -4.63. The molecule has 4 aromatic rings. The van der Waals surface area contributed by atoms with Crippen LogP contribution in [0.25, 0.3) is 21.3 Å². The molecule has 0 unspecified atom stereocenters. The molecule has 4 heterocycles. The van der Waals surface area contributed by atoms with Gasteiger partial charge in [0.1, 0.15) is 5.82 Å². The van der Waals surface area contributed by atoms with Crippen LogP contribution >= 0.6 is 0 Å². The minimum absolute atomic E-state index is 0. The fourth-order valence-corrected chi connectivity index (χ4v) is 4.50. The number of aromatic nitrogens is 6. The predicted octanol–water partition coefficient (Wildman–Crippen LogP) is 5.57. The molecule has 0 spiro atoms. The van der Waals surface area contributed by atoms with Crippen molar-refractivity contribution in [2.24, 2.45) is 5.41 Å². The van der Waals surface area contributed by atoms with E-state index in [1.54, 1.807) is 12.1 Å². The van der Waals surface area contributed by atoms with Gasteiger partial charge in [0.25, 0.3) is 12.1 Å². The van der Waals surface area contributed by atoms with Crippen LogP contribution in [0, 0.1) is 53.9 Å². The summed E-state index contributed by atoms with van der Waals surface area (Å²) < 4.78 is 2.81. The molecular weight excluding hydrogens is 683 g/mol. The van der Waals surface area contributed by atoms with Gasteiger partial charge in [0.2, 0.25) is 0 Å². The summed E-state index contributed by atoms with van der Waals surface area (Å²) in [6.45, 7) is 27.5. The molecule has 11 heteroatoms. The fourth-order valence-electron chi connectivity index (χ4n) is 4.50. The molecule has 0 aliphatic rings. The molecule has 0 bridgehead atoms. The van der Waals surface area contributed by atoms with Gasteiger partial charge < -0.3 is 19.2 Å². The number of rotatable bonds is 6. The quantitative estimate of drug-likeness (QED) is 0.242. The molecule has 0 N–H and O–H groups in total. The number of hydrogen-bond acceptors (Lipinski definition) is 6. The van der Waals surface area contributed by atoms with Crippen molar-refractivity contribution in [3.63, 3.8) is 0 Å². The molecule has 0 atom stereocenters. The number of hydrogen-bond donors (Lipinski definition) is 0. The monoisotopic (exact) mass is 707 g/mol. The summed E-state index contributed by atoms with van der Waals surface area (Å²) in [7, 11) is 0. The SMILES string of the molecule is [C-]#[N+]c1n[c-]n(-c2cccc(C(C)(C)C(C)(C)C(C)(C)c3cccc(-n4[c-]nc(C#N)c4C#N)n3)n2)c1[N+]#[C-].[Pt+2]. The first-order chi connectivity index (χ1) is 18.4. The Morgan fingerprint density at radius 2 is 1.30 bits per heavy atom. The van der Waals surface area contributed by atoms with Gasteiger partial charge in [-0.3, -0.25) is 14.5 Å². The van der Waals surface area contributed by atoms with E-state index in [0.717, 1.165) is 11.4 Å². The van der Waals surface area contributed by atoms with Crippen molar-refractivity contribution >= 4 is 11.6 Å². The minimum atomic E-state index is -0.518. The maximum absolute atomic E-state index is 9.57. The van der Waals surface area contributed by atoms with Crippen LogP contribution in [0.3, 0.4) is 0 Å². The van der Waals surface area contributed by atoms with Gasteiger partial charge in [-0.25, -0.2) is 10.5 Å². The second-order valence-corrected chi connectivity index (χ2v) is 10.5. The van der Waals surface area contributed by atoms with E-state index >= 15 is 0 Å². The molecule has 200 valence electrons. The molecular formula is C29H24N10Pt. The van der Waals surface area contributed by atoms with E-state index in [1.807, 2.05) is 36.4 Å². The zero-order valence-electron chi connectivity index (χ0n) is 22.8. The van der Waals surface area contributed by atoms with Crippen molar-refractivity contribution in [2.75, 3.05) is 0 Å². The standard InChI is InChI=1S/C29H24N10.Pt/c1-27(2,21-11-9-13-23(36-21)38-17-34-19(15-30)20(38)16-31)29(5,6)28(3,4)22-12-10-14-24(37-22)39-18-35-25(32-7)26(39)33-8;/h9-14H,1-6H3;/q-2;+2. The molecule has 0 fully saturated rings. The van der Waals surface area contributed by atoms with Crippen molar-refractivity contribution in [1.82, 2.24) is 29.1 Å². The summed E-state index contributed by atoms with van der Waals surface area (Å²) in [4.78, 5) is 24.4. The van der Waals surface area contributed by atoms with Crippen LogP contribution in [0.15, 0.2) is 36.4 Å². The molecule has 0 aliphatic heterocycles. The van der Waals surface area contributed by atoms with Crippen LogP contribution in [-0.4, -0.2) is 29.1 Å². The Morgan fingerprint density at radius 1 is 0.775 bits per heavy atom. The summed E-state index contributed by atoms with van der Waals surface area (Å²) in [6.07, 6.45) is 5.42. The normalized spacial score (nSPS) is 11.4. The third-order valence-electron chi connectivity index (χ3n) is 8.13. The molecule has 0 saturated carbocycles. The Labute approximate surface area is 247 Å². The molecule has 0 aliphatic carbocycles. The number of imidazole rings is 2. The summed E-state index contributed by atoms with van der Waals surface area (Å²) >= 11 is 0. The van der Waals surface area contributed by atoms with Crippen molar-refractivity contribution in [1.29, 1.82) is 10.5 Å². The molecule has 4 aromatic heterocycles. The molecule has 0 amide bonds. The van der Waals surface area contributed by atoms with E-state index in [2.05, 4.69) is 73.9 Å². The van der Waals surface area contributed by atoms with E-state index in [1.165, 1.54) is 9.13 Å². The van der Waals surface area contributed by atoms with Crippen molar-refractivity contribution in [3.8, 4) is 23.8 Å². The topological polar surface area (TPSA) is 118 Å². The molecule has 10 nitrogen and oxygen atoms in total. The third-order valence-corrected chi connectivity index (χ3v) is 8.13. The maximum Gasteiger partial charge on any atom is 2.00 e. The first kappa shape index (κ1) is 29.9. The van der Waals surface area contributed by atoms with Gasteiger partial charge in [-0.2, -0.15) is 0 Å². The van der Waals surface area contributed by atoms with Crippen LogP contribution in [0.4, 0.5) is 11.6 Å². The average Bonchev–Trinajstić information content (AvgIpc) is 3.56. The van der Waals surface area contributed by atoms with Crippen LogP contribution in [-0.2, 0) is 31.9 Å². The van der Waals surface area contributed by atoms with E-state index in [0.29, 0.717) is 11.6 Å². The van der Waals surface area contributed by atoms with Crippen molar-refractivity contribution in [3.05, 3.63) is 94.7 Å². The predicted molar refractivity (Wildman–Crippen MR) is 142 cm³/mol. The van der Waals surface area contributed by atoms with E-state index in [-0.39, 0.29) is 44.1 Å². The van der Waals surface area contributed by atoms with Gasteiger partial charge in [0.15, 0.2) is 0 Å². The van der Waals surface area contributed by atoms with Crippen LogP contribution in [0.2, 0.25) is 0 Å². The average molecular weight is 708 g/mol. The summed E-state index contributed by atoms with van der Waals surface area (Å²) in [5.74, 6) is 0.953. The summed E-state index contributed by atoms with van der Waals surface area (Å²) in [5, 5.41) is 18.8. The van der Waals surface area contributed by atoms with Crippen LogP contribution in [0.1, 0.15) is 64.3 Å². The third kappa shape index (κ3) is 4.58. The Kier molecular flexibility index (Phi) is 8.12. The van der Waals surface area contributed by atoms with E-state index < -0.39 is 16.2 Å². The van der Waals surface area contributed by atoms with Gasteiger partial charge >= 0.3 is 26.9 Å². The van der Waals surface area contributed by atoms with Crippen molar-refractivity contribution in [2.45, 2.75) is 52.4 Å². The van der Waals surface area contributed by atoms with E-state index in [9.17, 15) is 10.5 Å². The second-order valence-electron chi connectivity index (χ2n) is 10.5. The van der Waals surface area contributed by atoms with Crippen molar-refractivity contribution < 1.29 is 21.1 Å². The fraction of sp³-hybridized carbons (Fsp3) is 0.310. The molecule has 0 radical (unpaired) electrons. The molecule has 40 heavy (non-hydrogen) atoms. The first-order valence-electron chi connectivity index (χ1n) is 12.0. The van der Waals surface area contributed by atoms with Crippen LogP contribution in [0.5, 0.6) is 0 Å².